The highest BCUT2D eigenvalue weighted by Crippen LogP contribution is 2.25. The minimum Gasteiger partial charge on any atom is -0.478 e. The van der Waals surface area contributed by atoms with Crippen LogP contribution in [0.4, 0.5) is 5.95 Å². The zero-order chi connectivity index (χ0) is 17.3. The molecule has 0 spiro atoms. The maximum absolute atomic E-state index is 11.1. The fourth-order valence-corrected chi connectivity index (χ4v) is 2.66. The summed E-state index contributed by atoms with van der Waals surface area (Å²) in [4.78, 5) is 19.1. The lowest BCUT2D eigenvalue weighted by atomic mass is 10.0. The van der Waals surface area contributed by atoms with E-state index in [1.807, 2.05) is 12.3 Å². The van der Waals surface area contributed by atoms with E-state index < -0.39 is 5.97 Å². The van der Waals surface area contributed by atoms with Crippen molar-refractivity contribution in [3.63, 3.8) is 0 Å². The van der Waals surface area contributed by atoms with Crippen LogP contribution in [0.1, 0.15) is 21.5 Å². The van der Waals surface area contributed by atoms with Crippen LogP contribution in [0.5, 0.6) is 0 Å². The van der Waals surface area contributed by atoms with Crippen LogP contribution in [0, 0.1) is 0 Å². The maximum Gasteiger partial charge on any atom is 0.335 e. The number of nitrogens with two attached hydrogens (primary N) is 1. The van der Waals surface area contributed by atoms with Crippen LogP contribution in [-0.2, 0) is 13.5 Å². The quantitative estimate of drug-likeness (QED) is 0.704. The fraction of sp³-hybridized carbons (Fsp3) is 0.125. The van der Waals surface area contributed by atoms with Crippen molar-refractivity contribution in [3.8, 4) is 11.4 Å². The van der Waals surface area contributed by atoms with Gasteiger partial charge in [0.2, 0.25) is 5.95 Å². The van der Waals surface area contributed by atoms with Crippen LogP contribution in [-0.4, -0.2) is 30.8 Å². The average molecular weight is 344 g/mol. The molecule has 24 heavy (non-hydrogen) atoms. The van der Waals surface area contributed by atoms with Crippen LogP contribution >= 0.6 is 11.6 Å². The third kappa shape index (κ3) is 3.36. The molecule has 1 aromatic carbocycles. The number of halogens is 1. The molecule has 0 aliphatic carbocycles. The second-order valence-corrected chi connectivity index (χ2v) is 5.68. The van der Waals surface area contributed by atoms with Gasteiger partial charge in [0.05, 0.1) is 11.3 Å². The molecule has 0 saturated heterocycles. The molecule has 0 saturated carbocycles. The molecule has 3 N–H and O–H groups in total. The first-order valence-electron chi connectivity index (χ1n) is 7.07. The van der Waals surface area contributed by atoms with Crippen LogP contribution in [0.15, 0.2) is 36.5 Å². The minimum absolute atomic E-state index is 0.0713. The molecule has 0 amide bonds. The number of aromatic carboxylic acids is 1. The van der Waals surface area contributed by atoms with Gasteiger partial charge in [-0.15, -0.1) is 0 Å². The highest BCUT2D eigenvalue weighted by Gasteiger charge is 2.14. The second-order valence-electron chi connectivity index (χ2n) is 5.29. The summed E-state index contributed by atoms with van der Waals surface area (Å²) in [7, 11) is 1.80. The van der Waals surface area contributed by atoms with Crippen LogP contribution < -0.4 is 5.73 Å². The predicted octanol–water partition coefficient (Wildman–Crippen LogP) is 2.40. The topological polar surface area (TPSA) is 107 Å². The fourth-order valence-electron chi connectivity index (χ4n) is 2.47. The first-order valence-corrected chi connectivity index (χ1v) is 7.45. The molecule has 0 aliphatic heterocycles. The summed E-state index contributed by atoms with van der Waals surface area (Å²) < 4.78 is 1.66. The Hall–Kier alpha value is -2.93. The van der Waals surface area contributed by atoms with Gasteiger partial charge in [0.15, 0.2) is 0 Å². The van der Waals surface area contributed by atoms with Crippen molar-refractivity contribution >= 4 is 23.5 Å². The van der Waals surface area contributed by atoms with E-state index in [1.165, 1.54) is 0 Å². The number of carboxylic acid groups (broad SMARTS) is 1. The van der Waals surface area contributed by atoms with E-state index in [0.717, 1.165) is 11.1 Å². The molecule has 2 aromatic heterocycles. The van der Waals surface area contributed by atoms with Gasteiger partial charge in [-0.25, -0.2) is 14.8 Å². The summed E-state index contributed by atoms with van der Waals surface area (Å²) >= 11 is 5.94. The average Bonchev–Trinajstić information content (AvgIpc) is 2.87. The van der Waals surface area contributed by atoms with Gasteiger partial charge in [0.25, 0.3) is 0 Å². The van der Waals surface area contributed by atoms with Gasteiger partial charge in [-0.05, 0) is 17.7 Å². The molecule has 0 radical (unpaired) electrons. The Bertz CT molecular complexity index is 902. The molecule has 2 heterocycles. The van der Waals surface area contributed by atoms with Crippen molar-refractivity contribution in [2.24, 2.45) is 7.05 Å². The van der Waals surface area contributed by atoms with Gasteiger partial charge < -0.3 is 10.8 Å². The number of rotatable bonds is 4. The Morgan fingerprint density at radius 3 is 2.83 bits per heavy atom. The van der Waals surface area contributed by atoms with Gasteiger partial charge in [-0.3, -0.25) is 4.68 Å². The largest absolute Gasteiger partial charge is 0.478 e. The zero-order valence-electron chi connectivity index (χ0n) is 12.8. The molecule has 0 atom stereocenters. The predicted molar refractivity (Wildman–Crippen MR) is 89.9 cm³/mol. The Morgan fingerprint density at radius 1 is 1.33 bits per heavy atom. The summed E-state index contributed by atoms with van der Waals surface area (Å²) in [6.07, 6.45) is 2.36. The lowest BCUT2D eigenvalue weighted by Crippen LogP contribution is -2.00. The molecule has 0 bridgehead atoms. The van der Waals surface area contributed by atoms with E-state index in [2.05, 4.69) is 15.1 Å². The molecule has 7 nitrogen and oxygen atoms in total. The van der Waals surface area contributed by atoms with Gasteiger partial charge in [0, 0.05) is 31.3 Å². The molecule has 0 unspecified atom stereocenters. The lowest BCUT2D eigenvalue weighted by molar-refractivity contribution is 0.0696. The molecule has 0 aliphatic rings. The van der Waals surface area contributed by atoms with Crippen molar-refractivity contribution in [1.82, 2.24) is 19.7 Å². The minimum atomic E-state index is -0.960. The number of carbonyl (C=O) groups is 1. The molecule has 122 valence electrons. The van der Waals surface area contributed by atoms with Crippen LogP contribution in [0.3, 0.4) is 0 Å². The first kappa shape index (κ1) is 15.9. The Kier molecular flexibility index (Phi) is 4.18. The summed E-state index contributed by atoms with van der Waals surface area (Å²) in [5, 5.41) is 13.8. The number of carboxylic acids is 1. The number of hydrogen-bond donors (Lipinski definition) is 2. The smallest absolute Gasteiger partial charge is 0.335 e. The van der Waals surface area contributed by atoms with E-state index in [4.69, 9.17) is 22.4 Å². The van der Waals surface area contributed by atoms with E-state index in [1.54, 1.807) is 36.0 Å². The SMILES string of the molecule is Cn1cc(Cc2cccc(C(=O)O)c2)c(-c2cc(Cl)nc(N)n2)n1. The van der Waals surface area contributed by atoms with Crippen molar-refractivity contribution in [2.75, 3.05) is 5.73 Å². The third-order valence-electron chi connectivity index (χ3n) is 3.43. The monoisotopic (exact) mass is 343 g/mol. The zero-order valence-corrected chi connectivity index (χ0v) is 13.5. The number of aromatic nitrogens is 4. The number of nitrogens with zero attached hydrogens (tertiary/aromatic N) is 4. The van der Waals surface area contributed by atoms with E-state index >= 15 is 0 Å². The van der Waals surface area contributed by atoms with Gasteiger partial charge >= 0.3 is 5.97 Å². The van der Waals surface area contributed by atoms with Crippen molar-refractivity contribution < 1.29 is 9.90 Å². The third-order valence-corrected chi connectivity index (χ3v) is 3.62. The van der Waals surface area contributed by atoms with Gasteiger partial charge in [0.1, 0.15) is 10.8 Å². The van der Waals surface area contributed by atoms with Crippen LogP contribution in [0.25, 0.3) is 11.4 Å². The summed E-state index contributed by atoms with van der Waals surface area (Å²) in [6.45, 7) is 0. The van der Waals surface area contributed by atoms with E-state index in [0.29, 0.717) is 17.8 Å². The van der Waals surface area contributed by atoms with E-state index in [9.17, 15) is 4.79 Å². The molecule has 8 heteroatoms. The van der Waals surface area contributed by atoms with Crippen LogP contribution in [0.2, 0.25) is 5.15 Å². The number of aryl methyl sites for hydroxylation is 1. The van der Waals surface area contributed by atoms with Gasteiger partial charge in [-0.2, -0.15) is 5.10 Å². The van der Waals surface area contributed by atoms with Crippen molar-refractivity contribution in [1.29, 1.82) is 0 Å². The second kappa shape index (κ2) is 6.29. The summed E-state index contributed by atoms with van der Waals surface area (Å²) in [6, 6.07) is 8.37. The molecule has 0 fully saturated rings. The number of nitrogen functional groups attached to an aromatic ring is 1. The lowest BCUT2D eigenvalue weighted by Gasteiger charge is -2.05. The number of hydrogen-bond acceptors (Lipinski definition) is 5. The normalized spacial score (nSPS) is 10.8. The molecular formula is C16H14ClN5O2. The summed E-state index contributed by atoms with van der Waals surface area (Å²) in [5.74, 6) is -0.888. The first-order chi connectivity index (χ1) is 11.4. The van der Waals surface area contributed by atoms with Crippen molar-refractivity contribution in [3.05, 3.63) is 58.4 Å². The van der Waals surface area contributed by atoms with Crippen molar-refractivity contribution in [2.45, 2.75) is 6.42 Å². The highest BCUT2D eigenvalue weighted by molar-refractivity contribution is 6.29. The molecule has 3 rings (SSSR count). The van der Waals surface area contributed by atoms with Gasteiger partial charge in [-0.1, -0.05) is 23.7 Å². The maximum atomic E-state index is 11.1. The highest BCUT2D eigenvalue weighted by atomic mass is 35.5. The summed E-state index contributed by atoms with van der Waals surface area (Å²) in [5.41, 5.74) is 8.80. The Morgan fingerprint density at radius 2 is 2.12 bits per heavy atom. The van der Waals surface area contributed by atoms with E-state index in [-0.39, 0.29) is 16.7 Å². The molecular weight excluding hydrogens is 330 g/mol. The number of benzene rings is 1. The molecule has 3 aromatic rings. The Labute approximate surface area is 142 Å². The Balaban J connectivity index is 2.01. The number of anilines is 1. The standard InChI is InChI=1S/C16H14ClN5O2/c1-22-8-11(6-9-3-2-4-10(5-9)15(23)24)14(21-22)12-7-13(17)20-16(18)19-12/h2-5,7-8H,6H2,1H3,(H,23,24)(H2,18,19,20).